The molecule has 3 aromatic rings. The fraction of sp³-hybridized carbons (Fsp3) is 0.286. The molecule has 2 aromatic carbocycles. The number of hydrogen-bond acceptors (Lipinski definition) is 7. The van der Waals surface area contributed by atoms with Gasteiger partial charge in [-0.25, -0.2) is 0 Å². The van der Waals surface area contributed by atoms with Crippen molar-refractivity contribution < 1.29 is 9.53 Å². The number of hydrogen-bond donors (Lipinski definition) is 2. The lowest BCUT2D eigenvalue weighted by atomic mass is 10.1. The number of carbonyl (C=O) groups is 1. The molecule has 1 unspecified atom stereocenters. The van der Waals surface area contributed by atoms with Gasteiger partial charge < -0.3 is 15.4 Å². The van der Waals surface area contributed by atoms with Gasteiger partial charge in [-0.2, -0.15) is 0 Å². The molecule has 0 bridgehead atoms. The lowest BCUT2D eigenvalue weighted by Gasteiger charge is -2.17. The van der Waals surface area contributed by atoms with Crippen molar-refractivity contribution in [1.82, 2.24) is 10.2 Å². The topological polar surface area (TPSA) is 76.1 Å². The Morgan fingerprint density at radius 1 is 1.21 bits per heavy atom. The average molecular weight is 427 g/mol. The van der Waals surface area contributed by atoms with Crippen LogP contribution < -0.4 is 15.4 Å². The van der Waals surface area contributed by atoms with Crippen molar-refractivity contribution in [3.63, 3.8) is 0 Å². The summed E-state index contributed by atoms with van der Waals surface area (Å²) in [7, 11) is 1.60. The second-order valence-corrected chi connectivity index (χ2v) is 9.22. The molecule has 29 heavy (non-hydrogen) atoms. The van der Waals surface area contributed by atoms with Crippen molar-refractivity contribution in [2.45, 2.75) is 35.4 Å². The molecular weight excluding hydrogens is 404 g/mol. The molecule has 0 spiro atoms. The Balaban J connectivity index is 1.56. The number of rotatable bonds is 8. The highest BCUT2D eigenvalue weighted by Crippen LogP contribution is 2.40. The Morgan fingerprint density at radius 3 is 2.72 bits per heavy atom. The predicted octanol–water partition coefficient (Wildman–Crippen LogP) is 4.90. The third-order valence-electron chi connectivity index (χ3n) is 4.48. The molecule has 150 valence electrons. The quantitative estimate of drug-likeness (QED) is 0.499. The third kappa shape index (κ3) is 5.07. The van der Waals surface area contributed by atoms with Gasteiger partial charge in [-0.3, -0.25) is 4.79 Å². The van der Waals surface area contributed by atoms with Crippen molar-refractivity contribution >= 4 is 39.8 Å². The van der Waals surface area contributed by atoms with Gasteiger partial charge in [0.25, 0.3) is 0 Å². The minimum atomic E-state index is -0.455. The Hall–Kier alpha value is -2.58. The largest absolute Gasteiger partial charge is 0.495 e. The van der Waals surface area contributed by atoms with Crippen LogP contribution in [0.25, 0.3) is 0 Å². The minimum Gasteiger partial charge on any atom is -0.495 e. The van der Waals surface area contributed by atoms with Crippen molar-refractivity contribution in [2.24, 2.45) is 0 Å². The first-order valence-corrected chi connectivity index (χ1v) is 11.1. The van der Waals surface area contributed by atoms with Gasteiger partial charge in [0.05, 0.1) is 12.8 Å². The summed E-state index contributed by atoms with van der Waals surface area (Å²) in [6.45, 7) is 1.98. The van der Waals surface area contributed by atoms with Crippen molar-refractivity contribution in [3.8, 4) is 5.75 Å². The fourth-order valence-electron chi connectivity index (χ4n) is 2.84. The molecule has 1 saturated carbocycles. The number of amides is 1. The molecule has 8 heteroatoms. The highest BCUT2D eigenvalue weighted by atomic mass is 32.2. The molecule has 1 aliphatic carbocycles. The zero-order chi connectivity index (χ0) is 20.2. The first kappa shape index (κ1) is 19.7. The van der Waals surface area contributed by atoms with E-state index in [9.17, 15) is 4.79 Å². The maximum Gasteiger partial charge on any atom is 0.242 e. The Kier molecular flexibility index (Phi) is 6.01. The summed E-state index contributed by atoms with van der Waals surface area (Å²) < 4.78 is 6.16. The maximum atomic E-state index is 13.2. The van der Waals surface area contributed by atoms with Gasteiger partial charge in [0.2, 0.25) is 11.0 Å². The van der Waals surface area contributed by atoms with Crippen LogP contribution in [-0.4, -0.2) is 29.3 Å². The SMILES string of the molecule is COc1ccc(C)cc1NC(=O)C(Sc1nnc(NC2CC2)s1)c1ccccc1. The van der Waals surface area contributed by atoms with Crippen LogP contribution in [0.5, 0.6) is 5.75 Å². The lowest BCUT2D eigenvalue weighted by molar-refractivity contribution is -0.115. The van der Waals surface area contributed by atoms with E-state index in [0.29, 0.717) is 17.5 Å². The van der Waals surface area contributed by atoms with E-state index in [1.807, 2.05) is 55.5 Å². The smallest absolute Gasteiger partial charge is 0.242 e. The predicted molar refractivity (Wildman–Crippen MR) is 118 cm³/mol. The fourth-order valence-corrected chi connectivity index (χ4v) is 4.86. The molecular formula is C21H22N4O2S2. The average Bonchev–Trinajstić information content (AvgIpc) is 3.43. The molecule has 0 saturated heterocycles. The highest BCUT2D eigenvalue weighted by molar-refractivity contribution is 8.02. The first-order valence-electron chi connectivity index (χ1n) is 9.39. The van der Waals surface area contributed by atoms with Crippen LogP contribution in [0.15, 0.2) is 52.9 Å². The van der Waals surface area contributed by atoms with E-state index in [1.54, 1.807) is 7.11 Å². The molecule has 6 nitrogen and oxygen atoms in total. The van der Waals surface area contributed by atoms with E-state index in [0.717, 1.165) is 20.6 Å². The number of nitrogens with one attached hydrogen (secondary N) is 2. The molecule has 1 heterocycles. The monoisotopic (exact) mass is 426 g/mol. The van der Waals surface area contributed by atoms with Gasteiger partial charge in [-0.05, 0) is 43.0 Å². The van der Waals surface area contributed by atoms with Gasteiger partial charge in [-0.1, -0.05) is 59.5 Å². The van der Waals surface area contributed by atoms with Crippen molar-refractivity contribution in [1.29, 1.82) is 0 Å². The van der Waals surface area contributed by atoms with E-state index >= 15 is 0 Å². The van der Waals surface area contributed by atoms with Crippen molar-refractivity contribution in [2.75, 3.05) is 17.7 Å². The number of nitrogens with zero attached hydrogens (tertiary/aromatic N) is 2. The molecule has 0 radical (unpaired) electrons. The Bertz CT molecular complexity index is 989. The summed E-state index contributed by atoms with van der Waals surface area (Å²) in [6.07, 6.45) is 2.35. The second-order valence-electron chi connectivity index (χ2n) is 6.89. The van der Waals surface area contributed by atoms with Crippen molar-refractivity contribution in [3.05, 3.63) is 59.7 Å². The number of aryl methyl sites for hydroxylation is 1. The first-order chi connectivity index (χ1) is 14.1. The highest BCUT2D eigenvalue weighted by Gasteiger charge is 2.26. The number of thioether (sulfide) groups is 1. The van der Waals surface area contributed by atoms with Gasteiger partial charge >= 0.3 is 0 Å². The zero-order valence-electron chi connectivity index (χ0n) is 16.2. The number of anilines is 2. The van der Waals surface area contributed by atoms with Gasteiger partial charge in [-0.15, -0.1) is 10.2 Å². The van der Waals surface area contributed by atoms with Crippen LogP contribution in [0, 0.1) is 6.92 Å². The van der Waals surface area contributed by atoms with Crippen LogP contribution in [0.4, 0.5) is 10.8 Å². The van der Waals surface area contributed by atoms with Gasteiger partial charge in [0.15, 0.2) is 4.34 Å². The van der Waals surface area contributed by atoms with E-state index < -0.39 is 5.25 Å². The lowest BCUT2D eigenvalue weighted by Crippen LogP contribution is -2.19. The molecule has 4 rings (SSSR count). The Morgan fingerprint density at radius 2 is 2.00 bits per heavy atom. The summed E-state index contributed by atoms with van der Waals surface area (Å²) in [4.78, 5) is 13.2. The van der Waals surface area contributed by atoms with E-state index in [1.165, 1.54) is 35.9 Å². The van der Waals surface area contributed by atoms with Gasteiger partial charge in [0, 0.05) is 6.04 Å². The molecule has 1 fully saturated rings. The second kappa shape index (κ2) is 8.84. The molecule has 0 aliphatic heterocycles. The van der Waals surface area contributed by atoms with E-state index in [4.69, 9.17) is 4.74 Å². The number of ether oxygens (including phenoxy) is 1. The van der Waals surface area contributed by atoms with Crippen LogP contribution in [0.1, 0.15) is 29.2 Å². The van der Waals surface area contributed by atoms with E-state index in [2.05, 4.69) is 20.8 Å². The standard InChI is InChI=1S/C21H22N4O2S2/c1-13-8-11-17(27-2)16(12-13)23-19(26)18(14-6-4-3-5-7-14)28-21-25-24-20(29-21)22-15-9-10-15/h3-8,11-12,15,18H,9-10H2,1-2H3,(H,22,24)(H,23,26). The summed E-state index contributed by atoms with van der Waals surface area (Å²) in [5, 5.41) is 15.2. The van der Waals surface area contributed by atoms with Crippen LogP contribution in [-0.2, 0) is 4.79 Å². The summed E-state index contributed by atoms with van der Waals surface area (Å²) >= 11 is 2.89. The number of aromatic nitrogens is 2. The summed E-state index contributed by atoms with van der Waals surface area (Å²) in [5.74, 6) is 0.504. The molecule has 2 N–H and O–H groups in total. The number of methoxy groups -OCH3 is 1. The zero-order valence-corrected chi connectivity index (χ0v) is 17.8. The van der Waals surface area contributed by atoms with Gasteiger partial charge in [0.1, 0.15) is 11.0 Å². The molecule has 1 aromatic heterocycles. The normalized spacial score (nSPS) is 14.3. The summed E-state index contributed by atoms with van der Waals surface area (Å²) in [6, 6.07) is 15.9. The van der Waals surface area contributed by atoms with Crippen LogP contribution >= 0.6 is 23.1 Å². The minimum absolute atomic E-state index is 0.128. The Labute approximate surface area is 178 Å². The van der Waals surface area contributed by atoms with E-state index in [-0.39, 0.29) is 5.91 Å². The van der Waals surface area contributed by atoms with Crippen LogP contribution in [0.3, 0.4) is 0 Å². The summed E-state index contributed by atoms with van der Waals surface area (Å²) in [5.41, 5.74) is 2.62. The number of benzene rings is 2. The molecule has 1 aliphatic rings. The molecule has 1 amide bonds. The third-order valence-corrected chi connectivity index (χ3v) is 6.68. The number of carbonyl (C=O) groups excluding carboxylic acids is 1. The van der Waals surface area contributed by atoms with Crippen LogP contribution in [0.2, 0.25) is 0 Å². The maximum absolute atomic E-state index is 13.2. The molecule has 1 atom stereocenters.